The van der Waals surface area contributed by atoms with Crippen molar-refractivity contribution >= 4 is 54.8 Å². The van der Waals surface area contributed by atoms with Gasteiger partial charge < -0.3 is 5.73 Å². The predicted octanol–water partition coefficient (Wildman–Crippen LogP) is 2.72. The largest absolute Gasteiger partial charge is 0.398 e. The Morgan fingerprint density at radius 2 is 2.12 bits per heavy atom. The summed E-state index contributed by atoms with van der Waals surface area (Å²) in [5.41, 5.74) is 5.85. The molecular formula is C9H9BrCl2N2O2S. The van der Waals surface area contributed by atoms with E-state index in [1.165, 1.54) is 12.1 Å². The normalized spacial score (nSPS) is 11.5. The molecule has 8 heteroatoms. The van der Waals surface area contributed by atoms with Crippen LogP contribution in [-0.4, -0.2) is 15.0 Å². The number of benzene rings is 1. The quantitative estimate of drug-likeness (QED) is 0.812. The van der Waals surface area contributed by atoms with Crippen molar-refractivity contribution in [1.29, 1.82) is 0 Å². The second kappa shape index (κ2) is 5.58. The maximum absolute atomic E-state index is 11.9. The van der Waals surface area contributed by atoms with Crippen LogP contribution in [0.25, 0.3) is 0 Å². The van der Waals surface area contributed by atoms with E-state index in [0.29, 0.717) is 0 Å². The van der Waals surface area contributed by atoms with E-state index in [2.05, 4.69) is 27.2 Å². The first-order chi connectivity index (χ1) is 7.74. The molecule has 0 atom stereocenters. The summed E-state index contributed by atoms with van der Waals surface area (Å²) in [4.78, 5) is -0.0413. The van der Waals surface area contributed by atoms with E-state index in [1.54, 1.807) is 0 Å². The Kier molecular flexibility index (Phi) is 4.86. The zero-order chi connectivity index (χ0) is 13.2. The number of rotatable bonds is 4. The first-order valence-corrected chi connectivity index (χ1v) is 7.34. The number of nitrogen functional groups attached to an aromatic ring is 1. The molecule has 94 valence electrons. The van der Waals surface area contributed by atoms with Crippen molar-refractivity contribution in [3.8, 4) is 0 Å². The van der Waals surface area contributed by atoms with Gasteiger partial charge in [-0.15, -0.1) is 0 Å². The molecule has 0 spiro atoms. The molecular weight excluding hydrogens is 351 g/mol. The molecule has 0 radical (unpaired) electrons. The minimum atomic E-state index is -3.74. The Bertz CT molecular complexity index is 560. The molecule has 0 fully saturated rings. The predicted molar refractivity (Wildman–Crippen MR) is 73.7 cm³/mol. The molecule has 0 bridgehead atoms. The number of hydrogen-bond donors (Lipinski definition) is 2. The smallest absolute Gasteiger partial charge is 0.242 e. The lowest BCUT2D eigenvalue weighted by Gasteiger charge is -2.10. The highest BCUT2D eigenvalue weighted by molar-refractivity contribution is 9.10. The number of anilines is 1. The number of halogens is 3. The van der Waals surface area contributed by atoms with E-state index in [4.69, 9.17) is 28.9 Å². The Morgan fingerprint density at radius 1 is 1.53 bits per heavy atom. The fourth-order valence-electron chi connectivity index (χ4n) is 1.03. The summed E-state index contributed by atoms with van der Waals surface area (Å²) in [6.45, 7) is 3.32. The highest BCUT2D eigenvalue weighted by Gasteiger charge is 2.19. The van der Waals surface area contributed by atoms with Crippen LogP contribution in [0.1, 0.15) is 0 Å². The Labute approximate surface area is 118 Å². The van der Waals surface area contributed by atoms with Crippen LogP contribution in [0.3, 0.4) is 0 Å². The molecule has 0 aliphatic rings. The van der Waals surface area contributed by atoms with Crippen LogP contribution < -0.4 is 10.5 Å². The molecule has 0 aliphatic heterocycles. The summed E-state index contributed by atoms with van der Waals surface area (Å²) < 4.78 is 26.3. The monoisotopic (exact) mass is 358 g/mol. The third-order valence-electron chi connectivity index (χ3n) is 1.78. The van der Waals surface area contributed by atoms with Gasteiger partial charge >= 0.3 is 0 Å². The molecule has 0 heterocycles. The molecule has 0 unspecified atom stereocenters. The first kappa shape index (κ1) is 14.8. The topological polar surface area (TPSA) is 72.2 Å². The van der Waals surface area contributed by atoms with E-state index in [9.17, 15) is 8.42 Å². The van der Waals surface area contributed by atoms with Crippen molar-refractivity contribution in [2.24, 2.45) is 0 Å². The molecule has 4 nitrogen and oxygen atoms in total. The first-order valence-electron chi connectivity index (χ1n) is 4.31. The lowest BCUT2D eigenvalue weighted by atomic mass is 10.3. The van der Waals surface area contributed by atoms with Gasteiger partial charge in [-0.05, 0) is 28.1 Å². The van der Waals surface area contributed by atoms with Gasteiger partial charge in [0.15, 0.2) is 0 Å². The average molecular weight is 360 g/mol. The third-order valence-corrected chi connectivity index (χ3v) is 4.70. The van der Waals surface area contributed by atoms with Crippen LogP contribution in [-0.2, 0) is 10.0 Å². The molecule has 0 saturated heterocycles. The molecule has 3 N–H and O–H groups in total. The van der Waals surface area contributed by atoms with Crippen molar-refractivity contribution < 1.29 is 8.42 Å². The average Bonchev–Trinajstić information content (AvgIpc) is 2.20. The lowest BCUT2D eigenvalue weighted by molar-refractivity contribution is 0.585. The highest BCUT2D eigenvalue weighted by Crippen LogP contribution is 2.31. The van der Waals surface area contributed by atoms with Crippen LogP contribution in [0.4, 0.5) is 5.69 Å². The number of nitrogens with one attached hydrogen (secondary N) is 1. The fraction of sp³-hybridized carbons (Fsp3) is 0.111. The van der Waals surface area contributed by atoms with Crippen LogP contribution in [0.5, 0.6) is 0 Å². The summed E-state index contributed by atoms with van der Waals surface area (Å²) in [6.07, 6.45) is 0. The maximum atomic E-state index is 11.9. The summed E-state index contributed by atoms with van der Waals surface area (Å²) in [6, 6.07) is 2.74. The summed E-state index contributed by atoms with van der Waals surface area (Å²) in [7, 11) is -3.74. The Morgan fingerprint density at radius 3 is 2.65 bits per heavy atom. The van der Waals surface area contributed by atoms with Crippen molar-refractivity contribution in [2.75, 3.05) is 12.3 Å². The second-order valence-electron chi connectivity index (χ2n) is 3.15. The summed E-state index contributed by atoms with van der Waals surface area (Å²) in [5.74, 6) is 0. The maximum Gasteiger partial charge on any atom is 0.242 e. The summed E-state index contributed by atoms with van der Waals surface area (Å²) >= 11 is 14.3. The zero-order valence-electron chi connectivity index (χ0n) is 8.50. The van der Waals surface area contributed by atoms with Gasteiger partial charge in [-0.2, -0.15) is 0 Å². The number of hydrogen-bond acceptors (Lipinski definition) is 3. The van der Waals surface area contributed by atoms with Crippen molar-refractivity contribution in [1.82, 2.24) is 4.72 Å². The van der Waals surface area contributed by atoms with E-state index in [0.717, 1.165) is 0 Å². The van der Waals surface area contributed by atoms with Crippen LogP contribution in [0, 0.1) is 0 Å². The standard InChI is InChI=1S/C9H9BrCl2N2O2S/c1-5(11)4-14-17(15,16)8-3-6(12)2-7(13)9(8)10/h2-3,14H,1,4,13H2. The van der Waals surface area contributed by atoms with E-state index >= 15 is 0 Å². The van der Waals surface area contributed by atoms with Gasteiger partial charge in [0.2, 0.25) is 10.0 Å². The SMILES string of the molecule is C=C(Cl)CNS(=O)(=O)c1cc(Cl)cc(N)c1Br. The van der Waals surface area contributed by atoms with Crippen molar-refractivity contribution in [3.63, 3.8) is 0 Å². The van der Waals surface area contributed by atoms with Gasteiger partial charge in [-0.3, -0.25) is 0 Å². The van der Waals surface area contributed by atoms with Gasteiger partial charge in [0, 0.05) is 22.3 Å². The molecule has 0 aromatic heterocycles. The second-order valence-corrected chi connectivity index (χ2v) is 6.65. The van der Waals surface area contributed by atoms with Crippen LogP contribution in [0.2, 0.25) is 5.02 Å². The van der Waals surface area contributed by atoms with Crippen molar-refractivity contribution in [2.45, 2.75) is 4.90 Å². The zero-order valence-corrected chi connectivity index (χ0v) is 12.4. The number of sulfonamides is 1. The lowest BCUT2D eigenvalue weighted by Crippen LogP contribution is -2.25. The molecule has 1 aromatic rings. The minimum Gasteiger partial charge on any atom is -0.398 e. The van der Waals surface area contributed by atoms with Crippen LogP contribution >= 0.6 is 39.1 Å². The van der Waals surface area contributed by atoms with E-state index in [1.807, 2.05) is 0 Å². The van der Waals surface area contributed by atoms with Gasteiger partial charge in [0.05, 0.1) is 9.37 Å². The van der Waals surface area contributed by atoms with E-state index < -0.39 is 10.0 Å². The highest BCUT2D eigenvalue weighted by atomic mass is 79.9. The molecule has 0 saturated carbocycles. The van der Waals surface area contributed by atoms with Gasteiger partial charge in [-0.1, -0.05) is 29.8 Å². The third kappa shape index (κ3) is 3.86. The minimum absolute atomic E-state index is 0.0413. The fourth-order valence-corrected chi connectivity index (χ4v) is 3.49. The van der Waals surface area contributed by atoms with Gasteiger partial charge in [0.1, 0.15) is 0 Å². The molecule has 0 aliphatic carbocycles. The van der Waals surface area contributed by atoms with Gasteiger partial charge in [-0.25, -0.2) is 13.1 Å². The van der Waals surface area contributed by atoms with Gasteiger partial charge in [0.25, 0.3) is 0 Å². The molecule has 1 rings (SSSR count). The van der Waals surface area contributed by atoms with Crippen molar-refractivity contribution in [3.05, 3.63) is 33.2 Å². The van der Waals surface area contributed by atoms with Crippen LogP contribution in [0.15, 0.2) is 33.1 Å². The molecule has 1 aromatic carbocycles. The number of nitrogens with two attached hydrogens (primary N) is 1. The van der Waals surface area contributed by atoms with E-state index in [-0.39, 0.29) is 31.7 Å². The Balaban J connectivity index is 3.19. The summed E-state index contributed by atoms with van der Waals surface area (Å²) in [5, 5.41) is 0.412. The molecule has 17 heavy (non-hydrogen) atoms. The molecule has 0 amide bonds. The Hall–Kier alpha value is -0.270.